The van der Waals surface area contributed by atoms with Crippen LogP contribution in [-0.4, -0.2) is 25.3 Å². The molecule has 0 unspecified atom stereocenters. The van der Waals surface area contributed by atoms with Gasteiger partial charge in [-0.05, 0) is 6.07 Å². The topological polar surface area (TPSA) is 81.8 Å². The van der Waals surface area contributed by atoms with Crippen molar-refractivity contribution in [3.8, 4) is 11.5 Å². The van der Waals surface area contributed by atoms with Gasteiger partial charge in [-0.1, -0.05) is 0 Å². The predicted molar refractivity (Wildman–Crippen MR) is 50.4 cm³/mol. The zero-order valence-electron chi connectivity index (χ0n) is 7.90. The lowest BCUT2D eigenvalue weighted by atomic mass is 10.1. The van der Waals surface area contributed by atoms with E-state index in [9.17, 15) is 9.90 Å². The van der Waals surface area contributed by atoms with E-state index in [1.807, 2.05) is 0 Å². The number of nitrogen functional groups attached to an aromatic ring is 1. The number of ether oxygens (including phenoxy) is 2. The molecule has 0 aliphatic rings. The van der Waals surface area contributed by atoms with Crippen molar-refractivity contribution in [1.82, 2.24) is 0 Å². The zero-order valence-corrected chi connectivity index (χ0v) is 7.90. The summed E-state index contributed by atoms with van der Waals surface area (Å²) in [6, 6.07) is 2.57. The summed E-state index contributed by atoms with van der Waals surface area (Å²) in [5, 5.41) is 9.25. The van der Waals surface area contributed by atoms with Crippen LogP contribution in [0.4, 0.5) is 5.69 Å². The largest absolute Gasteiger partial charge is 0.506 e. The first-order valence-electron chi connectivity index (χ1n) is 3.85. The minimum absolute atomic E-state index is 0.103. The zero-order chi connectivity index (χ0) is 10.7. The number of rotatable bonds is 2. The van der Waals surface area contributed by atoms with Crippen molar-refractivity contribution in [3.63, 3.8) is 0 Å². The SMILES string of the molecule is COC(=O)c1cc(N)c(O)cc1OC. The van der Waals surface area contributed by atoms with Gasteiger partial charge in [0, 0.05) is 6.07 Å². The van der Waals surface area contributed by atoms with Crippen LogP contribution >= 0.6 is 0 Å². The molecular weight excluding hydrogens is 186 g/mol. The fourth-order valence-electron chi connectivity index (χ4n) is 1.02. The summed E-state index contributed by atoms with van der Waals surface area (Å²) in [7, 11) is 2.64. The predicted octanol–water partition coefficient (Wildman–Crippen LogP) is 0.770. The van der Waals surface area contributed by atoms with E-state index in [1.165, 1.54) is 26.4 Å². The molecule has 0 amide bonds. The van der Waals surface area contributed by atoms with Gasteiger partial charge in [0.15, 0.2) is 0 Å². The van der Waals surface area contributed by atoms with Crippen LogP contribution in [0.25, 0.3) is 0 Å². The normalized spacial score (nSPS) is 9.57. The summed E-state index contributed by atoms with van der Waals surface area (Å²) in [5.74, 6) is -0.466. The lowest BCUT2D eigenvalue weighted by Gasteiger charge is -2.08. The number of phenols is 1. The third-order valence-electron chi connectivity index (χ3n) is 1.75. The smallest absolute Gasteiger partial charge is 0.341 e. The highest BCUT2D eigenvalue weighted by atomic mass is 16.5. The van der Waals surface area contributed by atoms with Crippen LogP contribution in [0.5, 0.6) is 11.5 Å². The number of hydrogen-bond acceptors (Lipinski definition) is 5. The fraction of sp³-hybridized carbons (Fsp3) is 0.222. The van der Waals surface area contributed by atoms with Crippen LogP contribution in [0.15, 0.2) is 12.1 Å². The van der Waals surface area contributed by atoms with Gasteiger partial charge in [0.25, 0.3) is 0 Å². The molecule has 5 heteroatoms. The molecule has 0 radical (unpaired) electrons. The van der Waals surface area contributed by atoms with Crippen LogP contribution in [-0.2, 0) is 4.74 Å². The second-order valence-corrected chi connectivity index (χ2v) is 2.60. The third kappa shape index (κ3) is 1.71. The maximum absolute atomic E-state index is 11.2. The highest BCUT2D eigenvalue weighted by Crippen LogP contribution is 2.30. The molecule has 0 heterocycles. The van der Waals surface area contributed by atoms with Gasteiger partial charge >= 0.3 is 5.97 Å². The molecule has 0 fully saturated rings. The van der Waals surface area contributed by atoms with Crippen LogP contribution in [0.1, 0.15) is 10.4 Å². The Bertz CT molecular complexity index is 362. The maximum Gasteiger partial charge on any atom is 0.341 e. The van der Waals surface area contributed by atoms with Gasteiger partial charge in [-0.3, -0.25) is 0 Å². The lowest BCUT2D eigenvalue weighted by molar-refractivity contribution is 0.0597. The Hall–Kier alpha value is -1.91. The van der Waals surface area contributed by atoms with Crippen LogP contribution in [0.3, 0.4) is 0 Å². The van der Waals surface area contributed by atoms with E-state index in [0.717, 1.165) is 0 Å². The van der Waals surface area contributed by atoms with E-state index in [1.54, 1.807) is 0 Å². The van der Waals surface area contributed by atoms with E-state index in [2.05, 4.69) is 4.74 Å². The molecule has 0 saturated carbocycles. The Morgan fingerprint density at radius 2 is 2.07 bits per heavy atom. The standard InChI is InChI=1S/C9H11NO4/c1-13-8-4-7(11)6(10)3-5(8)9(12)14-2/h3-4,11H,10H2,1-2H3. The summed E-state index contributed by atoms with van der Waals surface area (Å²) in [5.41, 5.74) is 5.71. The number of carbonyl (C=O) groups is 1. The van der Waals surface area contributed by atoms with Gasteiger partial charge in [-0.15, -0.1) is 0 Å². The Labute approximate surface area is 81.0 Å². The molecule has 14 heavy (non-hydrogen) atoms. The third-order valence-corrected chi connectivity index (χ3v) is 1.75. The van der Waals surface area contributed by atoms with Gasteiger partial charge in [-0.25, -0.2) is 4.79 Å². The number of phenolic OH excluding ortho intramolecular Hbond substituents is 1. The average molecular weight is 197 g/mol. The summed E-state index contributed by atoms with van der Waals surface area (Å²) in [6.45, 7) is 0. The summed E-state index contributed by atoms with van der Waals surface area (Å²) in [4.78, 5) is 11.2. The Morgan fingerprint density at radius 1 is 1.43 bits per heavy atom. The van der Waals surface area contributed by atoms with Gasteiger partial charge in [0.2, 0.25) is 0 Å². The molecule has 76 valence electrons. The van der Waals surface area contributed by atoms with E-state index >= 15 is 0 Å². The highest BCUT2D eigenvalue weighted by Gasteiger charge is 2.15. The first-order valence-corrected chi connectivity index (χ1v) is 3.85. The lowest BCUT2D eigenvalue weighted by Crippen LogP contribution is -2.05. The maximum atomic E-state index is 11.2. The number of hydrogen-bond donors (Lipinski definition) is 2. The minimum atomic E-state index is -0.562. The summed E-state index contributed by atoms with van der Waals surface area (Å²) >= 11 is 0. The number of carbonyl (C=O) groups excluding carboxylic acids is 1. The minimum Gasteiger partial charge on any atom is -0.506 e. The van der Waals surface area contributed by atoms with Crippen LogP contribution in [0, 0.1) is 0 Å². The molecule has 0 atom stereocenters. The van der Waals surface area contributed by atoms with E-state index in [0.29, 0.717) is 0 Å². The molecule has 5 nitrogen and oxygen atoms in total. The molecule has 0 saturated heterocycles. The molecular formula is C9H11NO4. The van der Waals surface area contributed by atoms with Gasteiger partial charge < -0.3 is 20.3 Å². The van der Waals surface area contributed by atoms with Crippen molar-refractivity contribution in [2.45, 2.75) is 0 Å². The average Bonchev–Trinajstić information content (AvgIpc) is 2.20. The van der Waals surface area contributed by atoms with E-state index in [-0.39, 0.29) is 22.7 Å². The van der Waals surface area contributed by atoms with Crippen molar-refractivity contribution < 1.29 is 19.4 Å². The van der Waals surface area contributed by atoms with Gasteiger partial charge in [0.1, 0.15) is 17.1 Å². The Kier molecular flexibility index (Phi) is 2.81. The molecule has 0 aliphatic carbocycles. The summed E-state index contributed by atoms with van der Waals surface area (Å²) in [6.07, 6.45) is 0. The highest BCUT2D eigenvalue weighted by molar-refractivity contribution is 5.94. The summed E-state index contributed by atoms with van der Waals surface area (Å²) < 4.78 is 9.41. The van der Waals surface area contributed by atoms with Crippen molar-refractivity contribution in [3.05, 3.63) is 17.7 Å². The molecule has 0 aliphatic heterocycles. The van der Waals surface area contributed by atoms with Crippen molar-refractivity contribution in [2.24, 2.45) is 0 Å². The molecule has 0 spiro atoms. The molecule has 3 N–H and O–H groups in total. The fourth-order valence-corrected chi connectivity index (χ4v) is 1.02. The second-order valence-electron chi connectivity index (χ2n) is 2.60. The monoisotopic (exact) mass is 197 g/mol. The Morgan fingerprint density at radius 3 is 2.57 bits per heavy atom. The van der Waals surface area contributed by atoms with Crippen LogP contribution in [0.2, 0.25) is 0 Å². The number of benzene rings is 1. The number of aromatic hydroxyl groups is 1. The first-order chi connectivity index (χ1) is 6.60. The van der Waals surface area contributed by atoms with Gasteiger partial charge in [0.05, 0.1) is 19.9 Å². The molecule has 1 aromatic carbocycles. The van der Waals surface area contributed by atoms with Gasteiger partial charge in [-0.2, -0.15) is 0 Å². The van der Waals surface area contributed by atoms with E-state index in [4.69, 9.17) is 10.5 Å². The molecule has 0 aromatic heterocycles. The van der Waals surface area contributed by atoms with E-state index < -0.39 is 5.97 Å². The van der Waals surface area contributed by atoms with Crippen LogP contribution < -0.4 is 10.5 Å². The van der Waals surface area contributed by atoms with Crippen molar-refractivity contribution in [2.75, 3.05) is 20.0 Å². The second kappa shape index (κ2) is 3.87. The Balaban J connectivity index is 3.27. The first kappa shape index (κ1) is 10.2. The molecule has 1 aromatic rings. The molecule has 1 rings (SSSR count). The number of methoxy groups -OCH3 is 2. The van der Waals surface area contributed by atoms with Crippen molar-refractivity contribution >= 4 is 11.7 Å². The quantitative estimate of drug-likeness (QED) is 0.415. The number of esters is 1. The van der Waals surface area contributed by atoms with Crippen molar-refractivity contribution in [1.29, 1.82) is 0 Å². The number of anilines is 1. The number of nitrogens with two attached hydrogens (primary N) is 1. The molecule has 0 bridgehead atoms.